The lowest BCUT2D eigenvalue weighted by Crippen LogP contribution is -2.63. The van der Waals surface area contributed by atoms with Gasteiger partial charge in [0, 0.05) is 12.7 Å². The molecular weight excluding hydrogens is 614 g/mol. The van der Waals surface area contributed by atoms with Crippen LogP contribution in [-0.4, -0.2) is 33.4 Å². The highest BCUT2D eigenvalue weighted by Gasteiger charge is 2.64. The van der Waals surface area contributed by atoms with E-state index in [1.54, 1.807) is 6.08 Å². The van der Waals surface area contributed by atoms with Crippen LogP contribution in [0, 0.1) is 47.0 Å². The highest BCUT2D eigenvalue weighted by molar-refractivity contribution is 7.10. The van der Waals surface area contributed by atoms with Crippen LogP contribution >= 0.6 is 0 Å². The van der Waals surface area contributed by atoms with Crippen LogP contribution < -0.4 is 10.4 Å². The third-order valence-corrected chi connectivity index (χ3v) is 12.5. The van der Waals surface area contributed by atoms with E-state index < -0.39 is 31.9 Å². The Labute approximate surface area is 276 Å². The zero-order valence-corrected chi connectivity index (χ0v) is 27.9. The average molecular weight is 649 g/mol. The summed E-state index contributed by atoms with van der Waals surface area (Å²) in [5.41, 5.74) is -0.0380. The predicted octanol–water partition coefficient (Wildman–Crippen LogP) is 6.75. The van der Waals surface area contributed by atoms with Crippen LogP contribution in [0.25, 0.3) is 0 Å². The Morgan fingerprint density at radius 2 is 1.23 bits per heavy atom. The molecule has 0 saturated heterocycles. The van der Waals surface area contributed by atoms with Crippen molar-refractivity contribution >= 4 is 24.4 Å². The van der Waals surface area contributed by atoms with Crippen LogP contribution in [0.3, 0.4) is 0 Å². The van der Waals surface area contributed by atoms with Gasteiger partial charge in [0.15, 0.2) is 0 Å². The highest BCUT2D eigenvalue weighted by atomic mass is 28.3. The molecule has 3 nitrogen and oxygen atoms in total. The monoisotopic (exact) mass is 648 g/mol. The van der Waals surface area contributed by atoms with E-state index in [4.69, 9.17) is 9.47 Å². The lowest BCUT2D eigenvalue weighted by molar-refractivity contribution is -0.277. The van der Waals surface area contributed by atoms with Gasteiger partial charge in [-0.05, 0) is 70.0 Å². The second kappa shape index (κ2) is 16.4. The lowest BCUT2D eigenvalue weighted by Gasteiger charge is -2.39. The molecule has 0 aliphatic rings. The van der Waals surface area contributed by atoms with Crippen molar-refractivity contribution < 1.29 is 27.4 Å². The molecule has 0 spiro atoms. The Bertz CT molecular complexity index is 1770. The summed E-state index contributed by atoms with van der Waals surface area (Å²) in [7, 11) is -1.71. The SMILES string of the molecule is CO[C@@](C(=O)O[C@@H](C)/C=C/C=C\C#CC#CC#CC#C[Si](c1ccccc1)(c1ccccc1)C(C)(C)C)(c1ccccc1)C(F)(F)F. The van der Waals surface area contributed by atoms with Crippen molar-refractivity contribution in [3.63, 3.8) is 0 Å². The third kappa shape index (κ3) is 8.75. The number of carbonyl (C=O) groups excluding carboxylic acids is 1. The van der Waals surface area contributed by atoms with Crippen LogP contribution in [0.4, 0.5) is 13.2 Å². The summed E-state index contributed by atoms with van der Waals surface area (Å²) in [5.74, 6) is 17.8. The number of alkyl halides is 3. The number of methoxy groups -OCH3 is 1. The number of rotatable bonds is 8. The maximum atomic E-state index is 14.0. The molecule has 0 aliphatic heterocycles. The minimum absolute atomic E-state index is 0.110. The Morgan fingerprint density at radius 1 is 0.745 bits per heavy atom. The van der Waals surface area contributed by atoms with E-state index in [-0.39, 0.29) is 10.6 Å². The summed E-state index contributed by atoms with van der Waals surface area (Å²) in [6.45, 7) is 8.10. The van der Waals surface area contributed by atoms with Gasteiger partial charge < -0.3 is 9.47 Å². The van der Waals surface area contributed by atoms with Gasteiger partial charge in [-0.2, -0.15) is 13.2 Å². The van der Waals surface area contributed by atoms with E-state index in [1.165, 1.54) is 65.9 Å². The fraction of sp³-hybridized carbons (Fsp3) is 0.225. The molecule has 0 radical (unpaired) electrons. The van der Waals surface area contributed by atoms with E-state index in [2.05, 4.69) is 92.0 Å². The lowest BCUT2D eigenvalue weighted by atomic mass is 9.92. The van der Waals surface area contributed by atoms with Crippen molar-refractivity contribution in [1.82, 2.24) is 0 Å². The quantitative estimate of drug-likeness (QED) is 0.117. The molecule has 0 bridgehead atoms. The summed E-state index contributed by atoms with van der Waals surface area (Å²) in [6, 6.07) is 27.4. The second-order valence-corrected chi connectivity index (χ2v) is 15.8. The van der Waals surface area contributed by atoms with Gasteiger partial charge in [-0.25, -0.2) is 4.79 Å². The van der Waals surface area contributed by atoms with Crippen molar-refractivity contribution in [3.05, 3.63) is 121 Å². The molecular formula is C40H35F3O3Si. The summed E-state index contributed by atoms with van der Waals surface area (Å²) >= 11 is 0. The minimum atomic E-state index is -5.04. The normalized spacial score (nSPS) is 13.4. The number of halogens is 3. The Balaban J connectivity index is 1.67. The summed E-state index contributed by atoms with van der Waals surface area (Å²) < 4.78 is 51.9. The molecule has 3 aromatic carbocycles. The molecule has 3 aromatic rings. The molecule has 0 unspecified atom stereocenters. The van der Waals surface area contributed by atoms with Gasteiger partial charge in [0.05, 0.1) is 0 Å². The van der Waals surface area contributed by atoms with Gasteiger partial charge in [-0.1, -0.05) is 130 Å². The molecule has 3 rings (SSSR count). The van der Waals surface area contributed by atoms with Crippen LogP contribution in [0.2, 0.25) is 5.04 Å². The zero-order chi connectivity index (χ0) is 34.4. The van der Waals surface area contributed by atoms with Gasteiger partial charge in [0.25, 0.3) is 5.60 Å². The second-order valence-electron chi connectivity index (χ2n) is 11.4. The maximum Gasteiger partial charge on any atom is 0.432 e. The largest absolute Gasteiger partial charge is 0.456 e. The first-order valence-corrected chi connectivity index (χ1v) is 16.8. The number of hydrogen-bond donors (Lipinski definition) is 0. The molecule has 0 heterocycles. The molecule has 0 aliphatic carbocycles. The molecule has 0 saturated carbocycles. The summed E-state index contributed by atoms with van der Waals surface area (Å²) in [4.78, 5) is 12.7. The molecule has 238 valence electrons. The molecule has 2 atom stereocenters. The van der Waals surface area contributed by atoms with E-state index in [1.807, 2.05) is 36.4 Å². The summed E-state index contributed by atoms with van der Waals surface area (Å²) in [6.07, 6.45) is -0.0507. The average Bonchev–Trinajstić information content (AvgIpc) is 3.04. The number of allylic oxidation sites excluding steroid dienone is 3. The summed E-state index contributed by atoms with van der Waals surface area (Å²) in [5, 5.41) is 2.33. The Kier molecular flexibility index (Phi) is 12.7. The van der Waals surface area contributed by atoms with Crippen molar-refractivity contribution in [2.75, 3.05) is 7.11 Å². The maximum absolute atomic E-state index is 14.0. The Hall–Kier alpha value is -5.18. The fourth-order valence-electron chi connectivity index (χ4n) is 5.07. The van der Waals surface area contributed by atoms with Crippen LogP contribution in [-0.2, 0) is 19.9 Å². The standard InChI is InChI=1S/C40H35F3O3Si/c1-33(46-37(44)39(45-5,40(41,42)43)34-26-18-14-19-27-34)25-17-12-10-8-6-7-9-11-13-24-32-47(38(2,3)4,35-28-20-15-21-29-35)36-30-22-16-23-31-36/h10,12,14-23,25-31,33H,1-5H3/b12-10-,25-17+/t33-,39+/m0/s1. The van der Waals surface area contributed by atoms with Gasteiger partial charge in [-0.15, -0.1) is 5.54 Å². The van der Waals surface area contributed by atoms with Crippen LogP contribution in [0.5, 0.6) is 0 Å². The van der Waals surface area contributed by atoms with Gasteiger partial charge in [0.1, 0.15) is 6.10 Å². The molecule has 0 amide bonds. The zero-order valence-electron chi connectivity index (χ0n) is 26.9. The van der Waals surface area contributed by atoms with Crippen molar-refractivity contribution in [2.24, 2.45) is 0 Å². The van der Waals surface area contributed by atoms with Gasteiger partial charge >= 0.3 is 12.1 Å². The van der Waals surface area contributed by atoms with E-state index in [0.717, 1.165) is 7.11 Å². The highest BCUT2D eigenvalue weighted by Crippen LogP contribution is 2.43. The number of ether oxygens (including phenoxy) is 2. The van der Waals surface area contributed by atoms with Gasteiger partial charge in [-0.3, -0.25) is 0 Å². The number of hydrogen-bond acceptors (Lipinski definition) is 3. The first-order valence-electron chi connectivity index (χ1n) is 14.8. The smallest absolute Gasteiger partial charge is 0.432 e. The predicted molar refractivity (Wildman–Crippen MR) is 184 cm³/mol. The number of esters is 1. The van der Waals surface area contributed by atoms with Crippen molar-refractivity contribution in [3.8, 4) is 47.0 Å². The first kappa shape index (κ1) is 36.3. The van der Waals surface area contributed by atoms with E-state index in [0.29, 0.717) is 0 Å². The van der Waals surface area contributed by atoms with Crippen molar-refractivity contribution in [2.45, 2.75) is 50.6 Å². The molecule has 0 fully saturated rings. The molecule has 0 aromatic heterocycles. The van der Waals surface area contributed by atoms with E-state index in [9.17, 15) is 18.0 Å². The first-order chi connectivity index (χ1) is 22.4. The molecule has 0 N–H and O–H groups in total. The topological polar surface area (TPSA) is 35.5 Å². The van der Waals surface area contributed by atoms with Gasteiger partial charge in [0.2, 0.25) is 8.07 Å². The van der Waals surface area contributed by atoms with Crippen LogP contribution in [0.15, 0.2) is 115 Å². The van der Waals surface area contributed by atoms with E-state index >= 15 is 0 Å². The van der Waals surface area contributed by atoms with Crippen LogP contribution in [0.1, 0.15) is 33.3 Å². The minimum Gasteiger partial charge on any atom is -0.456 e. The molecule has 7 heteroatoms. The number of carbonyl (C=O) groups is 1. The third-order valence-electron chi connectivity index (χ3n) is 7.31. The number of benzene rings is 3. The van der Waals surface area contributed by atoms with Crippen molar-refractivity contribution in [1.29, 1.82) is 0 Å². The Morgan fingerprint density at radius 3 is 1.72 bits per heavy atom. The molecule has 47 heavy (non-hydrogen) atoms. The fourth-order valence-corrected chi connectivity index (χ4v) is 9.43.